The SMILES string of the molecule is Cc1nc2[nH]ccc2c(C(F)(F)F)c1Br. The summed E-state index contributed by atoms with van der Waals surface area (Å²) in [5, 5.41) is 0.0833. The van der Waals surface area contributed by atoms with Gasteiger partial charge in [0.15, 0.2) is 0 Å². The second-order valence-electron chi connectivity index (χ2n) is 3.12. The summed E-state index contributed by atoms with van der Waals surface area (Å²) in [6, 6.07) is 1.37. The van der Waals surface area contributed by atoms with Gasteiger partial charge in [0.25, 0.3) is 0 Å². The van der Waals surface area contributed by atoms with Gasteiger partial charge in [0, 0.05) is 11.6 Å². The summed E-state index contributed by atoms with van der Waals surface area (Å²) in [5.41, 5.74) is -0.105. The lowest BCUT2D eigenvalue weighted by Gasteiger charge is -2.11. The summed E-state index contributed by atoms with van der Waals surface area (Å²) >= 11 is 2.93. The molecule has 0 fully saturated rings. The highest BCUT2D eigenvalue weighted by molar-refractivity contribution is 9.10. The maximum atomic E-state index is 12.8. The Morgan fingerprint density at radius 2 is 2.07 bits per heavy atom. The molecule has 0 saturated carbocycles. The van der Waals surface area contributed by atoms with Crippen molar-refractivity contribution in [2.24, 2.45) is 0 Å². The second-order valence-corrected chi connectivity index (χ2v) is 3.92. The highest BCUT2D eigenvalue weighted by Gasteiger charge is 2.36. The van der Waals surface area contributed by atoms with Gasteiger partial charge in [-0.2, -0.15) is 13.2 Å². The lowest BCUT2D eigenvalue weighted by Crippen LogP contribution is -2.08. The predicted octanol–water partition coefficient (Wildman–Crippen LogP) is 3.65. The molecule has 15 heavy (non-hydrogen) atoms. The molecule has 0 aliphatic heterocycles. The third-order valence-corrected chi connectivity index (χ3v) is 3.06. The molecule has 6 heteroatoms. The minimum atomic E-state index is -4.38. The Labute approximate surface area is 91.6 Å². The van der Waals surface area contributed by atoms with E-state index in [1.165, 1.54) is 19.2 Å². The minimum Gasteiger partial charge on any atom is -0.346 e. The fourth-order valence-electron chi connectivity index (χ4n) is 1.45. The first-order valence-electron chi connectivity index (χ1n) is 4.11. The normalized spacial score (nSPS) is 12.3. The number of alkyl halides is 3. The number of aryl methyl sites for hydroxylation is 1. The third kappa shape index (κ3) is 1.62. The standard InChI is InChI=1S/C9H6BrF3N2/c1-4-7(10)6(9(11,12)13)5-2-3-14-8(5)15-4/h2-3H,1H3,(H,14,15). The fourth-order valence-corrected chi connectivity index (χ4v) is 1.97. The van der Waals surface area contributed by atoms with Crippen LogP contribution < -0.4 is 0 Å². The van der Waals surface area contributed by atoms with Crippen LogP contribution in [0, 0.1) is 6.92 Å². The molecule has 0 bridgehead atoms. The van der Waals surface area contributed by atoms with Crippen LogP contribution in [0.4, 0.5) is 13.2 Å². The maximum absolute atomic E-state index is 12.8. The van der Waals surface area contributed by atoms with Gasteiger partial charge in [-0.15, -0.1) is 0 Å². The lowest BCUT2D eigenvalue weighted by molar-refractivity contribution is -0.136. The monoisotopic (exact) mass is 278 g/mol. The number of hydrogen-bond donors (Lipinski definition) is 1. The molecular formula is C9H6BrF3N2. The van der Waals surface area contributed by atoms with Crippen LogP contribution in [0.5, 0.6) is 0 Å². The molecule has 2 nitrogen and oxygen atoms in total. The van der Waals surface area contributed by atoms with Gasteiger partial charge in [0.1, 0.15) is 5.65 Å². The van der Waals surface area contributed by atoms with Gasteiger partial charge in [-0.25, -0.2) is 4.98 Å². The van der Waals surface area contributed by atoms with E-state index in [9.17, 15) is 13.2 Å². The number of halogens is 4. The zero-order chi connectivity index (χ0) is 11.2. The van der Waals surface area contributed by atoms with E-state index >= 15 is 0 Å². The first-order chi connectivity index (χ1) is 6.91. The lowest BCUT2D eigenvalue weighted by atomic mass is 10.1. The third-order valence-electron chi connectivity index (χ3n) is 2.09. The van der Waals surface area contributed by atoms with Crippen molar-refractivity contribution < 1.29 is 13.2 Å². The van der Waals surface area contributed by atoms with Crippen LogP contribution in [-0.4, -0.2) is 9.97 Å². The number of nitrogens with one attached hydrogen (secondary N) is 1. The number of nitrogens with zero attached hydrogens (tertiary/aromatic N) is 1. The highest BCUT2D eigenvalue weighted by Crippen LogP contribution is 2.40. The Hall–Kier alpha value is -1.04. The van der Waals surface area contributed by atoms with Gasteiger partial charge in [0.05, 0.1) is 15.7 Å². The van der Waals surface area contributed by atoms with Crippen LogP contribution in [0.2, 0.25) is 0 Å². The van der Waals surface area contributed by atoms with E-state index in [2.05, 4.69) is 25.9 Å². The molecule has 0 aliphatic rings. The molecule has 80 valence electrons. The van der Waals surface area contributed by atoms with E-state index in [0.29, 0.717) is 5.69 Å². The Morgan fingerprint density at radius 3 is 2.67 bits per heavy atom. The van der Waals surface area contributed by atoms with E-state index in [-0.39, 0.29) is 15.5 Å². The van der Waals surface area contributed by atoms with Gasteiger partial charge >= 0.3 is 6.18 Å². The van der Waals surface area contributed by atoms with E-state index in [4.69, 9.17) is 0 Å². The number of aromatic nitrogens is 2. The van der Waals surface area contributed by atoms with Crippen LogP contribution in [0.25, 0.3) is 11.0 Å². The minimum absolute atomic E-state index is 0.00194. The van der Waals surface area contributed by atoms with Crippen LogP contribution in [-0.2, 0) is 6.18 Å². The molecule has 1 N–H and O–H groups in total. The summed E-state index contributed by atoms with van der Waals surface area (Å²) in [6.07, 6.45) is -2.94. The highest BCUT2D eigenvalue weighted by atomic mass is 79.9. The molecule has 0 aromatic carbocycles. The van der Waals surface area contributed by atoms with Gasteiger partial charge in [-0.1, -0.05) is 0 Å². The molecule has 0 spiro atoms. The molecule has 0 aliphatic carbocycles. The Morgan fingerprint density at radius 1 is 1.40 bits per heavy atom. The maximum Gasteiger partial charge on any atom is 0.418 e. The smallest absolute Gasteiger partial charge is 0.346 e. The number of rotatable bonds is 0. The van der Waals surface area contributed by atoms with Gasteiger partial charge in [-0.3, -0.25) is 0 Å². The van der Waals surface area contributed by atoms with Crippen molar-refractivity contribution in [1.82, 2.24) is 9.97 Å². The predicted molar refractivity (Wildman–Crippen MR) is 53.5 cm³/mol. The average Bonchev–Trinajstić information content (AvgIpc) is 2.50. The Kier molecular flexibility index (Phi) is 2.26. The fraction of sp³-hybridized carbons (Fsp3) is 0.222. The number of fused-ring (bicyclic) bond motifs is 1. The van der Waals surface area contributed by atoms with Crippen molar-refractivity contribution in [3.63, 3.8) is 0 Å². The van der Waals surface area contributed by atoms with E-state index in [0.717, 1.165) is 0 Å². The number of aromatic amines is 1. The summed E-state index contributed by atoms with van der Waals surface area (Å²) in [4.78, 5) is 6.68. The van der Waals surface area contributed by atoms with Crippen LogP contribution in [0.3, 0.4) is 0 Å². The van der Waals surface area contributed by atoms with Gasteiger partial charge in [-0.05, 0) is 28.9 Å². The first kappa shape index (κ1) is 10.5. The van der Waals surface area contributed by atoms with Crippen molar-refractivity contribution in [2.45, 2.75) is 13.1 Å². The molecule has 0 saturated heterocycles. The Balaban J connectivity index is 2.90. The summed E-state index contributed by atoms with van der Waals surface area (Å²) in [7, 11) is 0. The van der Waals surface area contributed by atoms with Crippen molar-refractivity contribution in [3.05, 3.63) is 28.0 Å². The molecular weight excluding hydrogens is 273 g/mol. The zero-order valence-electron chi connectivity index (χ0n) is 7.61. The van der Waals surface area contributed by atoms with Crippen molar-refractivity contribution >= 4 is 27.0 Å². The molecule has 0 unspecified atom stereocenters. The average molecular weight is 279 g/mol. The van der Waals surface area contributed by atoms with E-state index in [1.807, 2.05) is 0 Å². The van der Waals surface area contributed by atoms with E-state index < -0.39 is 11.7 Å². The van der Waals surface area contributed by atoms with Crippen molar-refractivity contribution in [3.8, 4) is 0 Å². The molecule has 0 atom stereocenters. The summed E-state index contributed by atoms with van der Waals surface area (Å²) < 4.78 is 38.3. The molecule has 2 aromatic rings. The number of H-pyrrole nitrogens is 1. The largest absolute Gasteiger partial charge is 0.418 e. The molecule has 2 aromatic heterocycles. The molecule has 0 amide bonds. The summed E-state index contributed by atoms with van der Waals surface area (Å²) in [5.74, 6) is 0. The van der Waals surface area contributed by atoms with Crippen molar-refractivity contribution in [2.75, 3.05) is 0 Å². The van der Waals surface area contributed by atoms with Crippen LogP contribution >= 0.6 is 15.9 Å². The topological polar surface area (TPSA) is 28.7 Å². The van der Waals surface area contributed by atoms with E-state index in [1.54, 1.807) is 0 Å². The second kappa shape index (κ2) is 3.23. The molecule has 0 radical (unpaired) electrons. The van der Waals surface area contributed by atoms with Crippen LogP contribution in [0.15, 0.2) is 16.7 Å². The molecule has 2 rings (SSSR count). The van der Waals surface area contributed by atoms with Crippen molar-refractivity contribution in [1.29, 1.82) is 0 Å². The number of pyridine rings is 1. The number of hydrogen-bond acceptors (Lipinski definition) is 1. The van der Waals surface area contributed by atoms with Crippen LogP contribution in [0.1, 0.15) is 11.3 Å². The quantitative estimate of drug-likeness (QED) is 0.783. The van der Waals surface area contributed by atoms with Gasteiger partial charge in [0.2, 0.25) is 0 Å². The molecule has 2 heterocycles. The summed E-state index contributed by atoms with van der Waals surface area (Å²) in [6.45, 7) is 1.53. The Bertz CT molecular complexity index is 516. The zero-order valence-corrected chi connectivity index (χ0v) is 9.20. The van der Waals surface area contributed by atoms with Gasteiger partial charge < -0.3 is 4.98 Å². The first-order valence-corrected chi connectivity index (χ1v) is 4.91.